The van der Waals surface area contributed by atoms with Gasteiger partial charge in [0.25, 0.3) is 5.91 Å². The summed E-state index contributed by atoms with van der Waals surface area (Å²) >= 11 is 3.47. The van der Waals surface area contributed by atoms with Gasteiger partial charge in [-0.1, -0.05) is 12.6 Å². The molecule has 29 heavy (non-hydrogen) atoms. The van der Waals surface area contributed by atoms with Crippen LogP contribution in [0.1, 0.15) is 19.3 Å². The summed E-state index contributed by atoms with van der Waals surface area (Å²) in [5.41, 5.74) is 1.63. The Kier molecular flexibility index (Phi) is 6.40. The second-order valence-electron chi connectivity index (χ2n) is 7.35. The molecule has 0 N–H and O–H groups in total. The van der Waals surface area contributed by atoms with Crippen molar-refractivity contribution in [3.05, 3.63) is 42.2 Å². The maximum Gasteiger partial charge on any atom is 0.251 e. The van der Waals surface area contributed by atoms with Gasteiger partial charge >= 0.3 is 0 Å². The molecule has 154 valence electrons. The Morgan fingerprint density at radius 3 is 2.79 bits per heavy atom. The molecular weight excluding hydrogens is 402 g/mol. The van der Waals surface area contributed by atoms with Crippen molar-refractivity contribution in [2.24, 2.45) is 0 Å². The molecule has 0 aromatic carbocycles. The maximum absolute atomic E-state index is 13.4. The van der Waals surface area contributed by atoms with E-state index in [0.29, 0.717) is 5.13 Å². The second-order valence-corrected chi connectivity index (χ2v) is 9.41. The standard InChI is InChI=1S/C21H27N5OS2/c1-16(25-11-13-28-14-12-25)26-10-6-4-8-19(26)20(27)24(2)21-23-18(15-29-21)17-7-3-5-9-22-17/h3,5,7,9,15,19H,1,4,6,8,10-14H2,2H3/t19-/m0/s1. The van der Waals surface area contributed by atoms with Gasteiger partial charge in [0, 0.05) is 49.8 Å². The highest BCUT2D eigenvalue weighted by atomic mass is 32.2. The first-order valence-electron chi connectivity index (χ1n) is 10.1. The highest BCUT2D eigenvalue weighted by molar-refractivity contribution is 7.99. The SMILES string of the molecule is C=C(N1CCSCC1)N1CCCC[C@H]1C(=O)N(C)c1nc(-c2ccccn2)cs1. The van der Waals surface area contributed by atoms with Crippen LogP contribution in [0.5, 0.6) is 0 Å². The lowest BCUT2D eigenvalue weighted by molar-refractivity contribution is -0.124. The molecule has 0 spiro atoms. The topological polar surface area (TPSA) is 52.6 Å². The summed E-state index contributed by atoms with van der Waals surface area (Å²) in [4.78, 5) is 28.7. The van der Waals surface area contributed by atoms with Crippen molar-refractivity contribution in [2.45, 2.75) is 25.3 Å². The highest BCUT2D eigenvalue weighted by Gasteiger charge is 2.34. The first kappa shape index (κ1) is 20.2. The van der Waals surface area contributed by atoms with Crippen molar-refractivity contribution in [1.82, 2.24) is 19.8 Å². The number of thiazole rings is 1. The van der Waals surface area contributed by atoms with Crippen LogP contribution in [0.15, 0.2) is 42.2 Å². The van der Waals surface area contributed by atoms with E-state index in [1.807, 2.05) is 42.4 Å². The number of carbonyl (C=O) groups excluding carboxylic acids is 1. The minimum absolute atomic E-state index is 0.0964. The minimum atomic E-state index is -0.168. The summed E-state index contributed by atoms with van der Waals surface area (Å²) in [6, 6.07) is 5.60. The Morgan fingerprint density at radius 1 is 1.21 bits per heavy atom. The van der Waals surface area contributed by atoms with Gasteiger partial charge in [0.2, 0.25) is 0 Å². The van der Waals surface area contributed by atoms with Gasteiger partial charge in [-0.05, 0) is 31.4 Å². The zero-order valence-electron chi connectivity index (χ0n) is 16.8. The fraction of sp³-hybridized carbons (Fsp3) is 0.476. The molecule has 6 nitrogen and oxygen atoms in total. The van der Waals surface area contributed by atoms with Crippen LogP contribution in [0, 0.1) is 0 Å². The van der Waals surface area contributed by atoms with Crippen molar-refractivity contribution in [1.29, 1.82) is 0 Å². The molecule has 0 bridgehead atoms. The molecule has 0 saturated carbocycles. The molecule has 2 aromatic heterocycles. The number of hydrogen-bond donors (Lipinski definition) is 0. The van der Waals surface area contributed by atoms with Gasteiger partial charge in [0.1, 0.15) is 11.7 Å². The monoisotopic (exact) mass is 429 g/mol. The molecule has 0 radical (unpaired) electrons. The number of hydrogen-bond acceptors (Lipinski definition) is 7. The molecule has 4 rings (SSSR count). The lowest BCUT2D eigenvalue weighted by Gasteiger charge is -2.43. The predicted octanol–water partition coefficient (Wildman–Crippen LogP) is 3.54. The Balaban J connectivity index is 1.49. The Labute approximate surface area is 180 Å². The van der Waals surface area contributed by atoms with Crippen LogP contribution in [0.4, 0.5) is 5.13 Å². The summed E-state index contributed by atoms with van der Waals surface area (Å²) in [6.45, 7) is 7.27. The fourth-order valence-corrected chi connectivity index (χ4v) is 5.56. The lowest BCUT2D eigenvalue weighted by atomic mass is 10.0. The Morgan fingerprint density at radius 2 is 2.03 bits per heavy atom. The summed E-state index contributed by atoms with van der Waals surface area (Å²) in [5, 5.41) is 2.67. The van der Waals surface area contributed by atoms with Gasteiger partial charge < -0.3 is 9.80 Å². The van der Waals surface area contributed by atoms with Crippen molar-refractivity contribution in [3.63, 3.8) is 0 Å². The number of aromatic nitrogens is 2. The van der Waals surface area contributed by atoms with Crippen molar-refractivity contribution in [3.8, 4) is 11.4 Å². The fourth-order valence-electron chi connectivity index (χ4n) is 3.87. The van der Waals surface area contributed by atoms with Gasteiger partial charge in [-0.15, -0.1) is 11.3 Å². The van der Waals surface area contributed by atoms with Crippen LogP contribution in [-0.2, 0) is 4.79 Å². The molecule has 8 heteroatoms. The first-order valence-corrected chi connectivity index (χ1v) is 12.1. The van der Waals surface area contributed by atoms with E-state index in [-0.39, 0.29) is 11.9 Å². The third kappa shape index (κ3) is 4.43. The summed E-state index contributed by atoms with van der Waals surface area (Å²) < 4.78 is 0. The van der Waals surface area contributed by atoms with Crippen molar-refractivity contribution < 1.29 is 4.79 Å². The van der Waals surface area contributed by atoms with Gasteiger partial charge in [-0.25, -0.2) is 4.98 Å². The zero-order chi connectivity index (χ0) is 20.2. The summed E-state index contributed by atoms with van der Waals surface area (Å²) in [5.74, 6) is 3.35. The second kappa shape index (κ2) is 9.17. The highest BCUT2D eigenvalue weighted by Crippen LogP contribution is 2.30. The van der Waals surface area contributed by atoms with Crippen LogP contribution in [0.2, 0.25) is 0 Å². The van der Waals surface area contributed by atoms with E-state index in [1.165, 1.54) is 11.3 Å². The largest absolute Gasteiger partial charge is 0.357 e. The number of likely N-dealkylation sites (N-methyl/N-ethyl adjacent to an activating group) is 1. The number of thioether (sulfide) groups is 1. The third-order valence-electron chi connectivity index (χ3n) is 5.53. The smallest absolute Gasteiger partial charge is 0.251 e. The average molecular weight is 430 g/mol. The van der Waals surface area contributed by atoms with Crippen LogP contribution in [0.3, 0.4) is 0 Å². The number of rotatable bonds is 5. The van der Waals surface area contributed by atoms with Crippen LogP contribution in [0.25, 0.3) is 11.4 Å². The zero-order valence-corrected chi connectivity index (χ0v) is 18.4. The van der Waals surface area contributed by atoms with Crippen molar-refractivity contribution >= 4 is 34.1 Å². The maximum atomic E-state index is 13.4. The molecule has 1 atom stereocenters. The Bertz CT molecular complexity index is 850. The summed E-state index contributed by atoms with van der Waals surface area (Å²) in [7, 11) is 1.83. The van der Waals surface area contributed by atoms with E-state index in [2.05, 4.69) is 26.3 Å². The van der Waals surface area contributed by atoms with E-state index in [1.54, 1.807) is 11.1 Å². The predicted molar refractivity (Wildman–Crippen MR) is 121 cm³/mol. The number of likely N-dealkylation sites (tertiary alicyclic amines) is 1. The van der Waals surface area contributed by atoms with Crippen LogP contribution in [-0.4, -0.2) is 69.9 Å². The summed E-state index contributed by atoms with van der Waals surface area (Å²) in [6.07, 6.45) is 4.80. The molecule has 2 aliphatic rings. The van der Waals surface area contributed by atoms with Gasteiger partial charge in [0.05, 0.1) is 11.5 Å². The number of anilines is 1. The van der Waals surface area contributed by atoms with Gasteiger partial charge in [0.15, 0.2) is 5.13 Å². The molecule has 0 aliphatic carbocycles. The third-order valence-corrected chi connectivity index (χ3v) is 7.39. The van der Waals surface area contributed by atoms with E-state index in [4.69, 9.17) is 0 Å². The first-order chi connectivity index (χ1) is 14.1. The van der Waals surface area contributed by atoms with E-state index >= 15 is 0 Å². The van der Waals surface area contributed by atoms with Crippen LogP contribution >= 0.6 is 23.1 Å². The number of nitrogens with zero attached hydrogens (tertiary/aromatic N) is 5. The van der Waals surface area contributed by atoms with Crippen molar-refractivity contribution in [2.75, 3.05) is 43.1 Å². The van der Waals surface area contributed by atoms with E-state index in [0.717, 1.165) is 67.6 Å². The number of amides is 1. The minimum Gasteiger partial charge on any atom is -0.357 e. The van der Waals surface area contributed by atoms with Gasteiger partial charge in [-0.2, -0.15) is 11.8 Å². The quantitative estimate of drug-likeness (QED) is 0.725. The molecule has 2 aromatic rings. The van der Waals surface area contributed by atoms with E-state index in [9.17, 15) is 4.79 Å². The van der Waals surface area contributed by atoms with E-state index < -0.39 is 0 Å². The number of piperidine rings is 1. The Hall–Kier alpha value is -2.06. The molecule has 2 fully saturated rings. The molecule has 1 amide bonds. The molecule has 2 aliphatic heterocycles. The van der Waals surface area contributed by atoms with Crippen LogP contribution < -0.4 is 4.90 Å². The van der Waals surface area contributed by atoms with Gasteiger partial charge in [-0.3, -0.25) is 14.7 Å². The molecular formula is C21H27N5OS2. The molecule has 2 saturated heterocycles. The number of pyridine rings is 1. The average Bonchev–Trinajstić information content (AvgIpc) is 3.29. The lowest BCUT2D eigenvalue weighted by Crippen LogP contribution is -2.52. The molecule has 4 heterocycles. The normalized spacial score (nSPS) is 19.8. The number of carbonyl (C=O) groups is 1. The molecule has 0 unspecified atom stereocenters.